The number of carbonyl (C=O) groups is 1. The predicted molar refractivity (Wildman–Crippen MR) is 125 cm³/mol. The number of carbonyl (C=O) groups excluding carboxylic acids is 1. The van der Waals surface area contributed by atoms with Crippen molar-refractivity contribution in [2.75, 3.05) is 10.6 Å². The first-order chi connectivity index (χ1) is 14.1. The smallest absolute Gasteiger partial charge is 0.244 e. The molecule has 0 bridgehead atoms. The molecule has 0 aliphatic heterocycles. The minimum absolute atomic E-state index is 0.330. The van der Waals surface area contributed by atoms with Crippen LogP contribution in [0, 0.1) is 6.92 Å². The number of rotatable bonds is 9. The van der Waals surface area contributed by atoms with Crippen LogP contribution in [0.25, 0.3) is 0 Å². The summed E-state index contributed by atoms with van der Waals surface area (Å²) in [5.41, 5.74) is 4.66. The minimum Gasteiger partial charge on any atom is -0.350 e. The molecule has 0 radical (unpaired) electrons. The molecule has 1 N–H and O–H groups in total. The lowest BCUT2D eigenvalue weighted by molar-refractivity contribution is -0.122. The van der Waals surface area contributed by atoms with E-state index in [-0.39, 0.29) is 5.91 Å². The maximum atomic E-state index is 13.1. The molecule has 30 heavy (non-hydrogen) atoms. The van der Waals surface area contributed by atoms with Crippen LogP contribution in [0.15, 0.2) is 36.4 Å². The normalized spacial score (nSPS) is 12.5. The zero-order chi connectivity index (χ0) is 22.5. The van der Waals surface area contributed by atoms with Gasteiger partial charge in [0.25, 0.3) is 0 Å². The first-order valence-corrected chi connectivity index (χ1v) is 12.5. The molecule has 2 aromatic rings. The summed E-state index contributed by atoms with van der Waals surface area (Å²) in [6.07, 6.45) is 3.22. The van der Waals surface area contributed by atoms with Gasteiger partial charge in [0.05, 0.1) is 11.9 Å². The van der Waals surface area contributed by atoms with Crippen LogP contribution in [0.2, 0.25) is 5.02 Å². The Balaban J connectivity index is 2.31. The molecule has 2 rings (SSSR count). The highest BCUT2D eigenvalue weighted by molar-refractivity contribution is 7.92. The van der Waals surface area contributed by atoms with Crippen LogP contribution in [-0.4, -0.2) is 26.6 Å². The van der Waals surface area contributed by atoms with Crippen molar-refractivity contribution in [3.8, 4) is 0 Å². The maximum Gasteiger partial charge on any atom is 0.244 e. The van der Waals surface area contributed by atoms with Crippen LogP contribution in [-0.2, 0) is 34.2 Å². The van der Waals surface area contributed by atoms with Gasteiger partial charge in [-0.1, -0.05) is 56.6 Å². The SMILES string of the molecule is CCc1ccc(CC)c(CNC(=O)[C@H](CC)N(c2ccc(C)c(Cl)c2)S(C)(=O)=O)c1. The fourth-order valence-corrected chi connectivity index (χ4v) is 4.87. The third kappa shape index (κ3) is 5.76. The average Bonchev–Trinajstić information content (AvgIpc) is 2.71. The third-order valence-electron chi connectivity index (χ3n) is 5.25. The summed E-state index contributed by atoms with van der Waals surface area (Å²) in [5, 5.41) is 3.40. The lowest BCUT2D eigenvalue weighted by Gasteiger charge is -2.30. The molecule has 0 unspecified atom stereocenters. The Hall–Kier alpha value is -2.05. The maximum absolute atomic E-state index is 13.1. The Bertz CT molecular complexity index is 1010. The zero-order valence-corrected chi connectivity index (χ0v) is 19.9. The van der Waals surface area contributed by atoms with Crippen LogP contribution >= 0.6 is 11.6 Å². The Morgan fingerprint density at radius 1 is 1.07 bits per heavy atom. The summed E-state index contributed by atoms with van der Waals surface area (Å²) in [7, 11) is -3.70. The second-order valence-corrected chi connectivity index (χ2v) is 9.71. The number of hydrogen-bond donors (Lipinski definition) is 1. The summed E-state index contributed by atoms with van der Waals surface area (Å²) < 4.78 is 26.4. The molecule has 0 aromatic heterocycles. The predicted octanol–water partition coefficient (Wildman–Crippen LogP) is 4.63. The van der Waals surface area contributed by atoms with Crippen molar-refractivity contribution in [3.63, 3.8) is 0 Å². The first-order valence-electron chi connectivity index (χ1n) is 10.3. The van der Waals surface area contributed by atoms with Gasteiger partial charge in [0.2, 0.25) is 15.9 Å². The third-order valence-corrected chi connectivity index (χ3v) is 6.84. The van der Waals surface area contributed by atoms with Crippen molar-refractivity contribution in [2.24, 2.45) is 0 Å². The summed E-state index contributed by atoms with van der Waals surface area (Å²) in [4.78, 5) is 13.1. The Morgan fingerprint density at radius 2 is 1.77 bits per heavy atom. The van der Waals surface area contributed by atoms with Crippen LogP contribution in [0.4, 0.5) is 5.69 Å². The van der Waals surface area contributed by atoms with Crippen molar-refractivity contribution in [1.29, 1.82) is 0 Å². The van der Waals surface area contributed by atoms with E-state index in [1.54, 1.807) is 25.1 Å². The molecule has 7 heteroatoms. The van der Waals surface area contributed by atoms with Crippen molar-refractivity contribution in [3.05, 3.63) is 63.7 Å². The van der Waals surface area contributed by atoms with Crippen LogP contribution in [0.3, 0.4) is 0 Å². The zero-order valence-electron chi connectivity index (χ0n) is 18.3. The number of benzene rings is 2. The first kappa shape index (κ1) is 24.2. The Kier molecular flexibility index (Phi) is 8.33. The fraction of sp³-hybridized carbons (Fsp3) is 0.435. The molecule has 0 aliphatic carbocycles. The van der Waals surface area contributed by atoms with E-state index in [4.69, 9.17) is 11.6 Å². The van der Waals surface area contributed by atoms with Gasteiger partial charge in [0.1, 0.15) is 6.04 Å². The highest BCUT2D eigenvalue weighted by Crippen LogP contribution is 2.27. The van der Waals surface area contributed by atoms with Gasteiger partial charge in [0, 0.05) is 11.6 Å². The van der Waals surface area contributed by atoms with E-state index in [2.05, 4.69) is 37.4 Å². The molecule has 1 atom stereocenters. The Labute approximate surface area is 185 Å². The van der Waals surface area contributed by atoms with Gasteiger partial charge < -0.3 is 5.32 Å². The molecular formula is C23H31ClN2O3S. The molecule has 5 nitrogen and oxygen atoms in total. The van der Waals surface area contributed by atoms with Crippen molar-refractivity contribution in [2.45, 2.75) is 59.5 Å². The largest absolute Gasteiger partial charge is 0.350 e. The van der Waals surface area contributed by atoms with E-state index in [9.17, 15) is 13.2 Å². The molecule has 2 aromatic carbocycles. The second-order valence-electron chi connectivity index (χ2n) is 7.44. The van der Waals surface area contributed by atoms with Crippen LogP contribution < -0.4 is 9.62 Å². The lowest BCUT2D eigenvalue weighted by atomic mass is 10.0. The monoisotopic (exact) mass is 450 g/mol. The topological polar surface area (TPSA) is 66.5 Å². The fourth-order valence-electron chi connectivity index (χ4n) is 3.49. The van der Waals surface area contributed by atoms with Crippen molar-refractivity contribution >= 4 is 33.2 Å². The molecule has 0 saturated heterocycles. The van der Waals surface area contributed by atoms with Crippen molar-refractivity contribution in [1.82, 2.24) is 5.32 Å². The Morgan fingerprint density at radius 3 is 2.30 bits per heavy atom. The number of amides is 1. The number of anilines is 1. The van der Waals surface area contributed by atoms with E-state index in [1.165, 1.54) is 11.1 Å². The number of nitrogens with one attached hydrogen (secondary N) is 1. The molecular weight excluding hydrogens is 420 g/mol. The van der Waals surface area contributed by atoms with E-state index >= 15 is 0 Å². The molecule has 0 saturated carbocycles. The average molecular weight is 451 g/mol. The van der Waals surface area contributed by atoms with Gasteiger partial charge in [-0.3, -0.25) is 9.10 Å². The summed E-state index contributed by atoms with van der Waals surface area (Å²) in [6, 6.07) is 10.5. The minimum atomic E-state index is -3.70. The molecule has 1 amide bonds. The van der Waals surface area contributed by atoms with Gasteiger partial charge in [0.15, 0.2) is 0 Å². The van der Waals surface area contributed by atoms with Gasteiger partial charge in [-0.2, -0.15) is 0 Å². The lowest BCUT2D eigenvalue weighted by Crippen LogP contribution is -2.49. The molecule has 0 fully saturated rings. The van der Waals surface area contributed by atoms with E-state index in [1.807, 2.05) is 6.92 Å². The van der Waals surface area contributed by atoms with E-state index in [0.29, 0.717) is 23.7 Å². The van der Waals surface area contributed by atoms with Gasteiger partial charge >= 0.3 is 0 Å². The van der Waals surface area contributed by atoms with Crippen molar-refractivity contribution < 1.29 is 13.2 Å². The standard InChI is InChI=1S/C23H31ClN2O3S/c1-6-17-10-11-18(7-2)19(13-17)15-25-23(27)22(8-3)26(30(5,28)29)20-12-9-16(4)21(24)14-20/h9-14,22H,6-8,15H2,1-5H3,(H,25,27)/t22-/m0/s1. The molecule has 0 aliphatic rings. The van der Waals surface area contributed by atoms with Gasteiger partial charge in [-0.05, 0) is 60.6 Å². The number of aryl methyl sites for hydroxylation is 3. The van der Waals surface area contributed by atoms with E-state index < -0.39 is 16.1 Å². The highest BCUT2D eigenvalue weighted by Gasteiger charge is 2.31. The molecule has 164 valence electrons. The number of nitrogens with zero attached hydrogens (tertiary/aromatic N) is 1. The second kappa shape index (κ2) is 10.3. The number of hydrogen-bond acceptors (Lipinski definition) is 3. The van der Waals surface area contributed by atoms with E-state index in [0.717, 1.165) is 34.5 Å². The van der Waals surface area contributed by atoms with Crippen LogP contribution in [0.5, 0.6) is 0 Å². The summed E-state index contributed by atoms with van der Waals surface area (Å²) in [5.74, 6) is -0.330. The highest BCUT2D eigenvalue weighted by atomic mass is 35.5. The van der Waals surface area contributed by atoms with Gasteiger partial charge in [-0.15, -0.1) is 0 Å². The van der Waals surface area contributed by atoms with Crippen LogP contribution in [0.1, 0.15) is 49.4 Å². The van der Waals surface area contributed by atoms with Gasteiger partial charge in [-0.25, -0.2) is 8.42 Å². The number of sulfonamides is 1. The molecule has 0 spiro atoms. The number of halogens is 1. The summed E-state index contributed by atoms with van der Waals surface area (Å²) in [6.45, 7) is 8.17. The molecule has 0 heterocycles. The quantitative estimate of drug-likeness (QED) is 0.605. The summed E-state index contributed by atoms with van der Waals surface area (Å²) >= 11 is 6.22.